The first-order chi connectivity index (χ1) is 18.9. The van der Waals surface area contributed by atoms with Gasteiger partial charge in [-0.25, -0.2) is 4.79 Å². The molecule has 10 nitrogen and oxygen atoms in total. The fourth-order valence-corrected chi connectivity index (χ4v) is 5.78. The van der Waals surface area contributed by atoms with Gasteiger partial charge in [-0.1, -0.05) is 60.5 Å². The van der Waals surface area contributed by atoms with Crippen LogP contribution in [0.4, 0.5) is 4.79 Å². The number of nitrogens with one attached hydrogen (secondary N) is 3. The van der Waals surface area contributed by atoms with Gasteiger partial charge in [-0.3, -0.25) is 19.2 Å². The number of ether oxygens (including phenoxy) is 1. The van der Waals surface area contributed by atoms with Gasteiger partial charge >= 0.3 is 6.09 Å². The van der Waals surface area contributed by atoms with Crippen LogP contribution in [0.3, 0.4) is 0 Å². The lowest BCUT2D eigenvalue weighted by Crippen LogP contribution is -2.57. The topological polar surface area (TPSA) is 134 Å². The third kappa shape index (κ3) is 9.06. The lowest BCUT2D eigenvalue weighted by atomic mass is 9.75. The Bertz CT molecular complexity index is 920. The largest absolute Gasteiger partial charge is 0.446 e. The van der Waals surface area contributed by atoms with E-state index in [1.165, 1.54) is 11.0 Å². The van der Waals surface area contributed by atoms with Gasteiger partial charge in [-0.2, -0.15) is 0 Å². The number of amides is 4. The van der Waals surface area contributed by atoms with Crippen LogP contribution in [0.5, 0.6) is 0 Å². The summed E-state index contributed by atoms with van der Waals surface area (Å²) >= 11 is 0. The van der Waals surface area contributed by atoms with Gasteiger partial charge in [-0.15, -0.1) is 6.58 Å². The van der Waals surface area contributed by atoms with E-state index in [0.717, 1.165) is 19.3 Å². The van der Waals surface area contributed by atoms with E-state index in [2.05, 4.69) is 43.3 Å². The van der Waals surface area contributed by atoms with Crippen molar-refractivity contribution < 1.29 is 28.7 Å². The number of likely N-dealkylation sites (tertiary alicyclic amines) is 1. The number of nitrogens with zero attached hydrogens (tertiary/aromatic N) is 1. The van der Waals surface area contributed by atoms with Crippen LogP contribution in [-0.2, 0) is 23.9 Å². The molecule has 2 rings (SSSR count). The zero-order valence-corrected chi connectivity index (χ0v) is 25.2. The second kappa shape index (κ2) is 15.8. The minimum Gasteiger partial charge on any atom is -0.446 e. The number of hydrogen-bond acceptors (Lipinski definition) is 6. The summed E-state index contributed by atoms with van der Waals surface area (Å²) in [4.78, 5) is 66.3. The highest BCUT2D eigenvalue weighted by atomic mass is 16.6. The van der Waals surface area contributed by atoms with Crippen LogP contribution in [0.15, 0.2) is 12.7 Å². The lowest BCUT2D eigenvalue weighted by Gasteiger charge is -2.37. The molecule has 2 aliphatic rings. The highest BCUT2D eigenvalue weighted by Gasteiger charge is 2.41. The molecule has 0 aromatic heterocycles. The number of alkyl carbamates (subject to hydrolysis) is 1. The average Bonchev–Trinajstić information content (AvgIpc) is 3.39. The number of ketones is 1. The number of carbonyl (C=O) groups excluding carboxylic acids is 5. The van der Waals surface area contributed by atoms with Crippen molar-refractivity contribution in [2.75, 3.05) is 13.1 Å². The normalized spacial score (nSPS) is 24.2. The fourth-order valence-electron chi connectivity index (χ4n) is 5.78. The maximum atomic E-state index is 13.7. The maximum Gasteiger partial charge on any atom is 0.408 e. The number of rotatable bonds is 13. The summed E-state index contributed by atoms with van der Waals surface area (Å²) in [6.45, 7) is 16.0. The summed E-state index contributed by atoms with van der Waals surface area (Å²) in [6, 6.07) is -2.64. The van der Waals surface area contributed by atoms with Gasteiger partial charge in [0.2, 0.25) is 17.6 Å². The Hall–Kier alpha value is -2.91. The average molecular weight is 563 g/mol. The molecule has 0 bridgehead atoms. The van der Waals surface area contributed by atoms with Crippen LogP contribution in [0.1, 0.15) is 86.5 Å². The van der Waals surface area contributed by atoms with E-state index in [4.69, 9.17) is 4.74 Å². The van der Waals surface area contributed by atoms with Gasteiger partial charge in [0, 0.05) is 13.1 Å². The number of carbonyl (C=O) groups is 5. The van der Waals surface area contributed by atoms with Gasteiger partial charge < -0.3 is 25.6 Å². The van der Waals surface area contributed by atoms with Crippen molar-refractivity contribution in [3.63, 3.8) is 0 Å². The molecule has 1 aliphatic heterocycles. The maximum absolute atomic E-state index is 13.7. The van der Waals surface area contributed by atoms with E-state index in [0.29, 0.717) is 44.1 Å². The molecule has 10 heteroatoms. The third-order valence-corrected chi connectivity index (χ3v) is 8.11. The molecular formula is C30H50N4O6. The first-order valence-corrected chi connectivity index (χ1v) is 14.9. The molecule has 4 amide bonds. The highest BCUT2D eigenvalue weighted by Crippen LogP contribution is 2.35. The molecule has 1 saturated heterocycles. The molecule has 2 fully saturated rings. The molecular weight excluding hydrogens is 512 g/mol. The zero-order valence-electron chi connectivity index (χ0n) is 25.2. The van der Waals surface area contributed by atoms with E-state index in [9.17, 15) is 24.0 Å². The Balaban J connectivity index is 2.09. The standard InChI is InChI=1S/C30H50N4O6/c1-8-11-22(26(35)28(37)31-15-9-2)32-27(36)23-12-10-16-34(23)29(38)25(19(5)6)33-30(39)40-24-17-20(7)13-14-21(24)18(3)4/h9,18-25H,2,8,10-17H2,1,3-7H3,(H,31,37)(H,32,36)(H,33,39). The molecule has 1 heterocycles. The second-order valence-electron chi connectivity index (χ2n) is 12.0. The fraction of sp³-hybridized carbons (Fsp3) is 0.767. The predicted octanol–water partition coefficient (Wildman–Crippen LogP) is 3.35. The van der Waals surface area contributed by atoms with Crippen molar-refractivity contribution in [3.8, 4) is 0 Å². The van der Waals surface area contributed by atoms with Crippen LogP contribution in [0.25, 0.3) is 0 Å². The second-order valence-corrected chi connectivity index (χ2v) is 12.0. The van der Waals surface area contributed by atoms with Crippen molar-refractivity contribution in [1.29, 1.82) is 0 Å². The summed E-state index contributed by atoms with van der Waals surface area (Å²) in [6.07, 6.45) is 5.49. The quantitative estimate of drug-likeness (QED) is 0.233. The van der Waals surface area contributed by atoms with Crippen molar-refractivity contribution in [3.05, 3.63) is 12.7 Å². The van der Waals surface area contributed by atoms with E-state index in [1.807, 2.05) is 20.8 Å². The monoisotopic (exact) mass is 562 g/mol. The van der Waals surface area contributed by atoms with Crippen LogP contribution in [0, 0.1) is 23.7 Å². The summed E-state index contributed by atoms with van der Waals surface area (Å²) in [5.41, 5.74) is 0. The van der Waals surface area contributed by atoms with Gasteiger partial charge in [0.05, 0.1) is 6.04 Å². The van der Waals surface area contributed by atoms with Crippen molar-refractivity contribution in [2.24, 2.45) is 23.7 Å². The Morgan fingerprint density at radius 1 is 1.05 bits per heavy atom. The van der Waals surface area contributed by atoms with Gasteiger partial charge in [-0.05, 0) is 55.8 Å². The molecule has 0 radical (unpaired) electrons. The van der Waals surface area contributed by atoms with Gasteiger partial charge in [0.15, 0.2) is 0 Å². The minimum atomic E-state index is -0.986. The van der Waals surface area contributed by atoms with Crippen LogP contribution < -0.4 is 16.0 Å². The molecule has 1 saturated carbocycles. The molecule has 226 valence electrons. The van der Waals surface area contributed by atoms with E-state index in [-0.39, 0.29) is 30.4 Å². The smallest absolute Gasteiger partial charge is 0.408 e. The van der Waals surface area contributed by atoms with Crippen molar-refractivity contribution in [2.45, 2.75) is 111 Å². The summed E-state index contributed by atoms with van der Waals surface area (Å²) in [7, 11) is 0. The van der Waals surface area contributed by atoms with Crippen LogP contribution >= 0.6 is 0 Å². The Kier molecular flexibility index (Phi) is 13.1. The highest BCUT2D eigenvalue weighted by molar-refractivity contribution is 6.38. The van der Waals surface area contributed by atoms with Crippen LogP contribution in [0.2, 0.25) is 0 Å². The van der Waals surface area contributed by atoms with E-state index in [1.54, 1.807) is 0 Å². The van der Waals surface area contributed by atoms with E-state index < -0.39 is 41.8 Å². The number of Topliss-reactive ketones (excluding diaryl/α,β-unsaturated/α-hetero) is 1. The lowest BCUT2D eigenvalue weighted by molar-refractivity contribution is -0.143. The molecule has 0 spiro atoms. The van der Waals surface area contributed by atoms with Gasteiger partial charge in [0.25, 0.3) is 5.91 Å². The summed E-state index contributed by atoms with van der Waals surface area (Å²) in [5, 5.41) is 7.94. The van der Waals surface area contributed by atoms with Crippen LogP contribution in [-0.4, -0.2) is 71.8 Å². The van der Waals surface area contributed by atoms with Crippen molar-refractivity contribution in [1.82, 2.24) is 20.9 Å². The minimum absolute atomic E-state index is 0.145. The third-order valence-electron chi connectivity index (χ3n) is 8.11. The molecule has 1 aliphatic carbocycles. The van der Waals surface area contributed by atoms with E-state index >= 15 is 0 Å². The molecule has 0 aromatic carbocycles. The summed E-state index contributed by atoms with van der Waals surface area (Å²) in [5.74, 6) is -1.46. The predicted molar refractivity (Wildman–Crippen MR) is 153 cm³/mol. The first kappa shape index (κ1) is 33.3. The molecule has 40 heavy (non-hydrogen) atoms. The molecule has 6 atom stereocenters. The van der Waals surface area contributed by atoms with Gasteiger partial charge in [0.1, 0.15) is 18.2 Å². The number of hydrogen-bond donors (Lipinski definition) is 3. The summed E-state index contributed by atoms with van der Waals surface area (Å²) < 4.78 is 5.88. The van der Waals surface area contributed by atoms with Crippen molar-refractivity contribution >= 4 is 29.6 Å². The molecule has 0 aromatic rings. The zero-order chi connectivity index (χ0) is 30.0. The SMILES string of the molecule is C=CCNC(=O)C(=O)C(CCC)NC(=O)C1CCCN1C(=O)C(NC(=O)OC1CC(C)CCC1C(C)C)C(C)C. The Labute approximate surface area is 239 Å². The Morgan fingerprint density at radius 2 is 1.75 bits per heavy atom. The first-order valence-electron chi connectivity index (χ1n) is 14.9. The molecule has 6 unspecified atom stereocenters. The Morgan fingerprint density at radius 3 is 2.35 bits per heavy atom. The molecule has 3 N–H and O–H groups in total.